The lowest BCUT2D eigenvalue weighted by Gasteiger charge is -2.38. The summed E-state index contributed by atoms with van der Waals surface area (Å²) in [5.74, 6) is 0.354. The van der Waals surface area contributed by atoms with E-state index in [1.54, 1.807) is 4.68 Å². The third kappa shape index (κ3) is 3.94. The van der Waals surface area contributed by atoms with Gasteiger partial charge in [0.25, 0.3) is 0 Å². The third-order valence-electron chi connectivity index (χ3n) is 4.96. The summed E-state index contributed by atoms with van der Waals surface area (Å²) in [5.41, 5.74) is 0.749. The van der Waals surface area contributed by atoms with Crippen LogP contribution in [0, 0.1) is 0 Å². The van der Waals surface area contributed by atoms with E-state index in [4.69, 9.17) is 0 Å². The second-order valence-corrected chi connectivity index (χ2v) is 9.04. The Morgan fingerprint density at radius 3 is 2.57 bits per heavy atom. The van der Waals surface area contributed by atoms with E-state index in [2.05, 4.69) is 5.10 Å². The zero-order valence-corrected chi connectivity index (χ0v) is 14.5. The van der Waals surface area contributed by atoms with E-state index in [0.717, 1.165) is 31.4 Å². The summed E-state index contributed by atoms with van der Waals surface area (Å²) in [6, 6.07) is 1.89. The van der Waals surface area contributed by atoms with E-state index >= 15 is 0 Å². The van der Waals surface area contributed by atoms with E-state index < -0.39 is 9.84 Å². The molecule has 23 heavy (non-hydrogen) atoms. The van der Waals surface area contributed by atoms with Crippen LogP contribution >= 0.6 is 0 Å². The van der Waals surface area contributed by atoms with Crippen molar-refractivity contribution in [1.82, 2.24) is 14.7 Å². The zero-order chi connectivity index (χ0) is 16.4. The maximum Gasteiger partial charge on any atom is 0.229 e. The van der Waals surface area contributed by atoms with Crippen LogP contribution in [0.25, 0.3) is 0 Å². The number of rotatable bonds is 4. The van der Waals surface area contributed by atoms with E-state index in [9.17, 15) is 13.2 Å². The van der Waals surface area contributed by atoms with Gasteiger partial charge < -0.3 is 4.90 Å². The monoisotopic (exact) mass is 339 g/mol. The molecular formula is C16H25N3O3S. The van der Waals surface area contributed by atoms with E-state index in [1.165, 1.54) is 6.42 Å². The molecule has 1 saturated heterocycles. The molecular weight excluding hydrogens is 314 g/mol. The van der Waals surface area contributed by atoms with Crippen molar-refractivity contribution in [2.45, 2.75) is 57.0 Å². The quantitative estimate of drug-likeness (QED) is 0.829. The summed E-state index contributed by atoms with van der Waals surface area (Å²) in [7, 11) is -1.17. The van der Waals surface area contributed by atoms with Crippen LogP contribution in [-0.2, 0) is 28.1 Å². The van der Waals surface area contributed by atoms with Gasteiger partial charge in [-0.2, -0.15) is 5.10 Å². The van der Waals surface area contributed by atoms with Crippen LogP contribution in [0.4, 0.5) is 0 Å². The van der Waals surface area contributed by atoms with E-state index in [-0.39, 0.29) is 35.9 Å². The first-order chi connectivity index (χ1) is 10.9. The normalized spacial score (nSPS) is 24.7. The average molecular weight is 339 g/mol. The predicted octanol–water partition coefficient (Wildman–Crippen LogP) is 1.31. The van der Waals surface area contributed by atoms with Crippen LogP contribution in [0.1, 0.15) is 44.2 Å². The summed E-state index contributed by atoms with van der Waals surface area (Å²) in [4.78, 5) is 14.8. The molecule has 1 atom stereocenters. The first-order valence-corrected chi connectivity index (χ1v) is 10.3. The van der Waals surface area contributed by atoms with Crippen molar-refractivity contribution in [3.05, 3.63) is 18.0 Å². The van der Waals surface area contributed by atoms with Gasteiger partial charge in [0.1, 0.15) is 0 Å². The highest BCUT2D eigenvalue weighted by atomic mass is 32.2. The Kier molecular flexibility index (Phi) is 4.75. The lowest BCUT2D eigenvalue weighted by molar-refractivity contribution is -0.135. The number of nitrogens with zero attached hydrogens (tertiary/aromatic N) is 3. The number of carbonyl (C=O) groups excluding carboxylic acids is 1. The fourth-order valence-electron chi connectivity index (χ4n) is 3.86. The Bertz CT molecular complexity index is 662. The molecule has 1 amide bonds. The van der Waals surface area contributed by atoms with Gasteiger partial charge in [-0.1, -0.05) is 19.3 Å². The van der Waals surface area contributed by atoms with Gasteiger partial charge in [-0.3, -0.25) is 9.48 Å². The number of aromatic nitrogens is 2. The van der Waals surface area contributed by atoms with Crippen molar-refractivity contribution in [2.75, 3.05) is 11.5 Å². The summed E-state index contributed by atoms with van der Waals surface area (Å²) >= 11 is 0. The summed E-state index contributed by atoms with van der Waals surface area (Å²) < 4.78 is 25.4. The Balaban J connectivity index is 1.77. The lowest BCUT2D eigenvalue weighted by atomic mass is 9.92. The molecule has 1 saturated carbocycles. The molecule has 0 radical (unpaired) electrons. The minimum atomic E-state index is -3.00. The Morgan fingerprint density at radius 1 is 1.26 bits per heavy atom. The molecule has 0 spiro atoms. The van der Waals surface area contributed by atoms with Gasteiger partial charge in [-0.05, 0) is 25.3 Å². The Hall–Kier alpha value is -1.37. The van der Waals surface area contributed by atoms with Crippen molar-refractivity contribution in [2.24, 2.45) is 7.05 Å². The van der Waals surface area contributed by atoms with Crippen LogP contribution in [0.3, 0.4) is 0 Å². The van der Waals surface area contributed by atoms with Gasteiger partial charge >= 0.3 is 0 Å². The molecule has 3 rings (SSSR count). The molecule has 2 heterocycles. The van der Waals surface area contributed by atoms with Crippen LogP contribution < -0.4 is 0 Å². The second kappa shape index (κ2) is 6.63. The SMILES string of the molecule is Cn1ccc(CC(=O)N(C2CCCCC2)[C@H]2CCS(=O)(=O)C2)n1. The summed E-state index contributed by atoms with van der Waals surface area (Å²) in [5, 5.41) is 4.28. The first-order valence-electron chi connectivity index (χ1n) is 8.45. The van der Waals surface area contributed by atoms with Crippen molar-refractivity contribution in [1.29, 1.82) is 0 Å². The topological polar surface area (TPSA) is 72.3 Å². The molecule has 1 aliphatic heterocycles. The van der Waals surface area contributed by atoms with Crippen LogP contribution in [-0.4, -0.2) is 52.6 Å². The maximum absolute atomic E-state index is 12.9. The highest BCUT2D eigenvalue weighted by Gasteiger charge is 2.38. The average Bonchev–Trinajstić information content (AvgIpc) is 3.06. The number of carbonyl (C=O) groups is 1. The molecule has 0 aromatic carbocycles. The van der Waals surface area contributed by atoms with Gasteiger partial charge in [0.15, 0.2) is 9.84 Å². The number of hydrogen-bond acceptors (Lipinski definition) is 4. The molecule has 1 aromatic heterocycles. The smallest absolute Gasteiger partial charge is 0.229 e. The van der Waals surface area contributed by atoms with E-state index in [0.29, 0.717) is 6.42 Å². The number of aryl methyl sites for hydroxylation is 1. The fourth-order valence-corrected chi connectivity index (χ4v) is 5.57. The number of amides is 1. The van der Waals surface area contributed by atoms with Crippen LogP contribution in [0.5, 0.6) is 0 Å². The van der Waals surface area contributed by atoms with Crippen molar-refractivity contribution in [3.8, 4) is 0 Å². The highest BCUT2D eigenvalue weighted by molar-refractivity contribution is 7.91. The zero-order valence-electron chi connectivity index (χ0n) is 13.6. The predicted molar refractivity (Wildman–Crippen MR) is 87.7 cm³/mol. The molecule has 2 fully saturated rings. The van der Waals surface area contributed by atoms with Crippen LogP contribution in [0.2, 0.25) is 0 Å². The molecule has 128 valence electrons. The highest BCUT2D eigenvalue weighted by Crippen LogP contribution is 2.28. The maximum atomic E-state index is 12.9. The van der Waals surface area contributed by atoms with Gasteiger partial charge in [-0.25, -0.2) is 8.42 Å². The third-order valence-corrected chi connectivity index (χ3v) is 6.71. The molecule has 7 heteroatoms. The Morgan fingerprint density at radius 2 is 2.00 bits per heavy atom. The van der Waals surface area contributed by atoms with Crippen molar-refractivity contribution in [3.63, 3.8) is 0 Å². The number of hydrogen-bond donors (Lipinski definition) is 0. The van der Waals surface area contributed by atoms with Crippen LogP contribution in [0.15, 0.2) is 12.3 Å². The van der Waals surface area contributed by atoms with Gasteiger partial charge in [0.05, 0.1) is 23.6 Å². The molecule has 2 aliphatic rings. The molecule has 1 aromatic rings. The molecule has 0 unspecified atom stereocenters. The van der Waals surface area contributed by atoms with Gasteiger partial charge in [-0.15, -0.1) is 0 Å². The van der Waals surface area contributed by atoms with Gasteiger partial charge in [0, 0.05) is 25.3 Å². The van der Waals surface area contributed by atoms with Gasteiger partial charge in [0.2, 0.25) is 5.91 Å². The minimum Gasteiger partial charge on any atom is -0.335 e. The molecule has 0 bridgehead atoms. The molecule has 0 N–H and O–H groups in total. The molecule has 1 aliphatic carbocycles. The first kappa shape index (κ1) is 16.5. The Labute approximate surface area is 137 Å². The lowest BCUT2D eigenvalue weighted by Crippen LogP contribution is -2.49. The summed E-state index contributed by atoms with van der Waals surface area (Å²) in [6.07, 6.45) is 8.10. The van der Waals surface area contributed by atoms with Crippen molar-refractivity contribution < 1.29 is 13.2 Å². The fraction of sp³-hybridized carbons (Fsp3) is 0.750. The second-order valence-electron chi connectivity index (χ2n) is 6.81. The number of sulfone groups is 1. The largest absolute Gasteiger partial charge is 0.335 e. The van der Waals surface area contributed by atoms with Crippen molar-refractivity contribution >= 4 is 15.7 Å². The minimum absolute atomic E-state index is 0.0256. The molecule has 6 nitrogen and oxygen atoms in total. The van der Waals surface area contributed by atoms with E-state index in [1.807, 2.05) is 24.2 Å². The standard InChI is InChI=1S/C16H25N3O3S/c1-18-9-7-13(17-18)11-16(20)19(14-5-3-2-4-6-14)15-8-10-23(21,22)12-15/h7,9,14-15H,2-6,8,10-12H2,1H3/t15-/m0/s1. The summed E-state index contributed by atoms with van der Waals surface area (Å²) in [6.45, 7) is 0.